The first-order valence-corrected chi connectivity index (χ1v) is 10.7. The van der Waals surface area contributed by atoms with Gasteiger partial charge in [0.15, 0.2) is 0 Å². The molecule has 0 spiro atoms. The molecule has 1 unspecified atom stereocenters. The van der Waals surface area contributed by atoms with Gasteiger partial charge in [0.2, 0.25) is 0 Å². The fourth-order valence-corrected chi connectivity index (χ4v) is 5.74. The molecular formula is C18H23N5O3S. The molecule has 4 rings (SSSR count). The third-order valence-corrected chi connectivity index (χ3v) is 7.33. The second-order valence-electron chi connectivity index (χ2n) is 7.00. The van der Waals surface area contributed by atoms with Gasteiger partial charge in [0.25, 0.3) is 15.8 Å². The first kappa shape index (κ1) is 18.3. The van der Waals surface area contributed by atoms with Crippen molar-refractivity contribution in [1.82, 2.24) is 23.4 Å². The predicted octanol–water partition coefficient (Wildman–Crippen LogP) is 1.11. The lowest BCUT2D eigenvalue weighted by Gasteiger charge is -2.28. The zero-order valence-corrected chi connectivity index (χ0v) is 15.9. The quantitative estimate of drug-likeness (QED) is 0.764. The highest BCUT2D eigenvalue weighted by atomic mass is 32.2. The lowest BCUT2D eigenvalue weighted by atomic mass is 10.2. The number of hydrogen-bond donors (Lipinski definition) is 0. The van der Waals surface area contributed by atoms with Crippen molar-refractivity contribution >= 4 is 10.2 Å². The van der Waals surface area contributed by atoms with E-state index in [2.05, 4.69) is 10.1 Å². The van der Waals surface area contributed by atoms with Crippen molar-refractivity contribution in [2.24, 2.45) is 0 Å². The van der Waals surface area contributed by atoms with Crippen molar-refractivity contribution in [3.8, 4) is 11.3 Å². The molecule has 2 aromatic rings. The van der Waals surface area contributed by atoms with Gasteiger partial charge >= 0.3 is 0 Å². The lowest BCUT2D eigenvalue weighted by Crippen LogP contribution is -2.47. The zero-order valence-electron chi connectivity index (χ0n) is 15.1. The molecule has 0 radical (unpaired) electrons. The average Bonchev–Trinajstić information content (AvgIpc) is 3.36. The molecule has 0 bridgehead atoms. The Bertz CT molecular complexity index is 954. The van der Waals surface area contributed by atoms with E-state index in [0.29, 0.717) is 25.3 Å². The SMILES string of the molecule is O=c1ccc(-c2ccncc2)nn1CC1CCCN1S(=O)(=O)N1CCCC1. The summed E-state index contributed by atoms with van der Waals surface area (Å²) in [6.45, 7) is 1.94. The Morgan fingerprint density at radius 3 is 2.48 bits per heavy atom. The van der Waals surface area contributed by atoms with E-state index in [1.807, 2.05) is 12.1 Å². The fourth-order valence-electron chi connectivity index (χ4n) is 3.82. The van der Waals surface area contributed by atoms with Crippen LogP contribution in [0.3, 0.4) is 0 Å². The Morgan fingerprint density at radius 2 is 1.74 bits per heavy atom. The van der Waals surface area contributed by atoms with Crippen LogP contribution < -0.4 is 5.56 Å². The molecule has 2 saturated heterocycles. The van der Waals surface area contributed by atoms with Gasteiger partial charge in [-0.25, -0.2) is 4.68 Å². The van der Waals surface area contributed by atoms with E-state index in [0.717, 1.165) is 31.2 Å². The molecule has 2 aliphatic heterocycles. The number of nitrogens with zero attached hydrogens (tertiary/aromatic N) is 5. The highest BCUT2D eigenvalue weighted by Crippen LogP contribution is 2.26. The van der Waals surface area contributed by atoms with Crippen molar-refractivity contribution in [1.29, 1.82) is 0 Å². The van der Waals surface area contributed by atoms with Crippen LogP contribution in [0.15, 0.2) is 41.5 Å². The van der Waals surface area contributed by atoms with Crippen LogP contribution >= 0.6 is 0 Å². The van der Waals surface area contributed by atoms with Gasteiger partial charge in [-0.15, -0.1) is 0 Å². The molecule has 0 aromatic carbocycles. The third kappa shape index (κ3) is 3.67. The Labute approximate surface area is 158 Å². The maximum Gasteiger partial charge on any atom is 0.282 e. The number of aromatic nitrogens is 3. The highest BCUT2D eigenvalue weighted by molar-refractivity contribution is 7.86. The molecule has 144 valence electrons. The summed E-state index contributed by atoms with van der Waals surface area (Å²) in [6.07, 6.45) is 6.71. The molecule has 1 atom stereocenters. The van der Waals surface area contributed by atoms with Crippen LogP contribution in [0.5, 0.6) is 0 Å². The maximum atomic E-state index is 12.9. The van der Waals surface area contributed by atoms with Crippen molar-refractivity contribution < 1.29 is 8.42 Å². The third-order valence-electron chi connectivity index (χ3n) is 5.24. The molecule has 4 heterocycles. The summed E-state index contributed by atoms with van der Waals surface area (Å²) in [6, 6.07) is 6.58. The van der Waals surface area contributed by atoms with E-state index in [1.54, 1.807) is 27.1 Å². The van der Waals surface area contributed by atoms with E-state index in [-0.39, 0.29) is 18.1 Å². The monoisotopic (exact) mass is 389 g/mol. The van der Waals surface area contributed by atoms with Crippen LogP contribution in [0.2, 0.25) is 0 Å². The second kappa shape index (κ2) is 7.49. The van der Waals surface area contributed by atoms with Crippen LogP contribution in [-0.4, -0.2) is 57.5 Å². The summed E-state index contributed by atoms with van der Waals surface area (Å²) in [5.74, 6) is 0. The topological polar surface area (TPSA) is 88.4 Å². The molecule has 0 saturated carbocycles. The molecule has 0 aliphatic carbocycles. The largest absolute Gasteiger partial charge is 0.282 e. The molecule has 0 N–H and O–H groups in total. The maximum absolute atomic E-state index is 12.9. The van der Waals surface area contributed by atoms with Gasteiger partial charge in [-0.2, -0.15) is 22.1 Å². The van der Waals surface area contributed by atoms with Crippen LogP contribution in [0.25, 0.3) is 11.3 Å². The summed E-state index contributed by atoms with van der Waals surface area (Å²) in [4.78, 5) is 16.3. The minimum atomic E-state index is -3.47. The molecule has 27 heavy (non-hydrogen) atoms. The van der Waals surface area contributed by atoms with E-state index >= 15 is 0 Å². The van der Waals surface area contributed by atoms with E-state index in [9.17, 15) is 13.2 Å². The normalized spacial score (nSPS) is 21.7. The average molecular weight is 389 g/mol. The molecule has 2 aliphatic rings. The first-order valence-electron chi connectivity index (χ1n) is 9.31. The molecule has 2 aromatic heterocycles. The van der Waals surface area contributed by atoms with Crippen LogP contribution in [0.1, 0.15) is 25.7 Å². The first-order chi connectivity index (χ1) is 13.1. The van der Waals surface area contributed by atoms with Crippen molar-refractivity contribution in [2.45, 2.75) is 38.3 Å². The van der Waals surface area contributed by atoms with Gasteiger partial charge in [0.1, 0.15) is 0 Å². The van der Waals surface area contributed by atoms with Gasteiger partial charge in [0.05, 0.1) is 12.2 Å². The number of hydrogen-bond acceptors (Lipinski definition) is 5. The predicted molar refractivity (Wildman–Crippen MR) is 101 cm³/mol. The Morgan fingerprint density at radius 1 is 1.00 bits per heavy atom. The van der Waals surface area contributed by atoms with Crippen molar-refractivity contribution in [3.63, 3.8) is 0 Å². The zero-order chi connectivity index (χ0) is 18.9. The summed E-state index contributed by atoms with van der Waals surface area (Å²) >= 11 is 0. The summed E-state index contributed by atoms with van der Waals surface area (Å²) in [5.41, 5.74) is 1.31. The summed E-state index contributed by atoms with van der Waals surface area (Å²) < 4.78 is 30.4. The van der Waals surface area contributed by atoms with Gasteiger partial charge in [-0.1, -0.05) is 0 Å². The van der Waals surface area contributed by atoms with Gasteiger partial charge in [-0.3, -0.25) is 9.78 Å². The summed E-state index contributed by atoms with van der Waals surface area (Å²) in [7, 11) is -3.47. The smallest absolute Gasteiger partial charge is 0.268 e. The highest BCUT2D eigenvalue weighted by Gasteiger charge is 2.39. The Kier molecular flexibility index (Phi) is 5.07. The number of rotatable bonds is 5. The van der Waals surface area contributed by atoms with Gasteiger partial charge in [-0.05, 0) is 43.9 Å². The molecule has 8 nitrogen and oxygen atoms in total. The minimum Gasteiger partial charge on any atom is -0.268 e. The number of pyridine rings is 1. The molecule has 9 heteroatoms. The van der Waals surface area contributed by atoms with Crippen LogP contribution in [-0.2, 0) is 16.8 Å². The van der Waals surface area contributed by atoms with Crippen LogP contribution in [0.4, 0.5) is 0 Å². The minimum absolute atomic E-state index is 0.224. The Balaban J connectivity index is 1.59. The Hall–Kier alpha value is -2.10. The van der Waals surface area contributed by atoms with Gasteiger partial charge in [0, 0.05) is 49.7 Å². The summed E-state index contributed by atoms with van der Waals surface area (Å²) in [5, 5.41) is 4.46. The van der Waals surface area contributed by atoms with E-state index < -0.39 is 10.2 Å². The molecule has 0 amide bonds. The van der Waals surface area contributed by atoms with E-state index in [4.69, 9.17) is 0 Å². The van der Waals surface area contributed by atoms with Crippen molar-refractivity contribution in [3.05, 3.63) is 47.0 Å². The molecular weight excluding hydrogens is 366 g/mol. The molecule has 2 fully saturated rings. The van der Waals surface area contributed by atoms with Gasteiger partial charge < -0.3 is 0 Å². The lowest BCUT2D eigenvalue weighted by molar-refractivity contribution is 0.309. The standard InChI is InChI=1S/C18H23N5O3S/c24-18-6-5-17(15-7-9-19-10-8-15)20-22(18)14-16-4-3-13-23(16)27(25,26)21-11-1-2-12-21/h5-10,16H,1-4,11-14H2. The fraction of sp³-hybridized carbons (Fsp3) is 0.500. The van der Waals surface area contributed by atoms with Crippen LogP contribution in [0, 0.1) is 0 Å². The second-order valence-corrected chi connectivity index (χ2v) is 8.88. The van der Waals surface area contributed by atoms with Crippen molar-refractivity contribution in [2.75, 3.05) is 19.6 Å². The van der Waals surface area contributed by atoms with E-state index in [1.165, 1.54) is 10.7 Å².